The van der Waals surface area contributed by atoms with Crippen molar-refractivity contribution >= 4 is 17.6 Å². The van der Waals surface area contributed by atoms with Gasteiger partial charge in [0.05, 0.1) is 18.1 Å². The zero-order chi connectivity index (χ0) is 14.9. The number of carboxylic acids is 1. The van der Waals surface area contributed by atoms with Gasteiger partial charge in [0.2, 0.25) is 0 Å². The first kappa shape index (κ1) is 14.2. The summed E-state index contributed by atoms with van der Waals surface area (Å²) in [6.07, 6.45) is 0.449. The molecule has 6 nitrogen and oxygen atoms in total. The number of amides is 1. The fourth-order valence-electron chi connectivity index (χ4n) is 2.34. The van der Waals surface area contributed by atoms with Crippen LogP contribution < -0.4 is 10.5 Å². The monoisotopic (exact) mass is 278 g/mol. The number of carbonyl (C=O) groups excluding carboxylic acids is 1. The van der Waals surface area contributed by atoms with Gasteiger partial charge in [-0.05, 0) is 25.5 Å². The average molecular weight is 278 g/mol. The molecule has 0 radical (unpaired) electrons. The summed E-state index contributed by atoms with van der Waals surface area (Å²) in [4.78, 5) is 25.1. The van der Waals surface area contributed by atoms with Crippen LogP contribution in [0.25, 0.3) is 0 Å². The zero-order valence-electron chi connectivity index (χ0n) is 11.5. The summed E-state index contributed by atoms with van der Waals surface area (Å²) < 4.78 is 5.04. The first-order valence-corrected chi connectivity index (χ1v) is 6.33. The molecular formula is C14H18N2O4. The van der Waals surface area contributed by atoms with Crippen LogP contribution in [0.3, 0.4) is 0 Å². The van der Waals surface area contributed by atoms with Crippen LogP contribution in [0.1, 0.15) is 23.7 Å². The molecule has 2 rings (SSSR count). The van der Waals surface area contributed by atoms with Crippen molar-refractivity contribution in [3.63, 3.8) is 0 Å². The van der Waals surface area contributed by atoms with Crippen molar-refractivity contribution < 1.29 is 19.4 Å². The normalized spacial score (nSPS) is 21.8. The van der Waals surface area contributed by atoms with E-state index in [9.17, 15) is 14.7 Å². The van der Waals surface area contributed by atoms with Crippen molar-refractivity contribution in [3.05, 3.63) is 23.8 Å². The van der Waals surface area contributed by atoms with Crippen LogP contribution in [0.5, 0.6) is 5.75 Å². The summed E-state index contributed by atoms with van der Waals surface area (Å²) in [5, 5.41) is 9.19. The molecule has 0 bridgehead atoms. The molecule has 1 heterocycles. The minimum atomic E-state index is -0.879. The van der Waals surface area contributed by atoms with Crippen LogP contribution in [0, 0.1) is 5.41 Å². The molecule has 0 saturated carbocycles. The summed E-state index contributed by atoms with van der Waals surface area (Å²) >= 11 is 0. The highest BCUT2D eigenvalue weighted by Crippen LogP contribution is 2.32. The van der Waals surface area contributed by atoms with Crippen molar-refractivity contribution in [2.75, 3.05) is 25.9 Å². The highest BCUT2D eigenvalue weighted by molar-refractivity contribution is 6.00. The minimum absolute atomic E-state index is 0.201. The highest BCUT2D eigenvalue weighted by atomic mass is 16.5. The predicted molar refractivity (Wildman–Crippen MR) is 73.7 cm³/mol. The lowest BCUT2D eigenvalue weighted by atomic mass is 9.90. The number of aliphatic carboxylic acids is 1. The van der Waals surface area contributed by atoms with E-state index < -0.39 is 11.4 Å². The Labute approximate surface area is 117 Å². The third-order valence-corrected chi connectivity index (χ3v) is 3.77. The van der Waals surface area contributed by atoms with Crippen LogP contribution >= 0.6 is 0 Å². The van der Waals surface area contributed by atoms with Gasteiger partial charge in [-0.1, -0.05) is 0 Å². The highest BCUT2D eigenvalue weighted by Gasteiger charge is 2.42. The maximum atomic E-state index is 12.4. The number of nitrogens with zero attached hydrogens (tertiary/aromatic N) is 1. The molecule has 3 N–H and O–H groups in total. The summed E-state index contributed by atoms with van der Waals surface area (Å²) in [5.41, 5.74) is 5.68. The number of likely N-dealkylation sites (tertiary alicyclic amines) is 1. The number of hydrogen-bond donors (Lipinski definition) is 2. The minimum Gasteiger partial charge on any atom is -0.497 e. The number of rotatable bonds is 3. The number of ether oxygens (including phenoxy) is 1. The van der Waals surface area contributed by atoms with Crippen LogP contribution in [0.2, 0.25) is 0 Å². The second-order valence-corrected chi connectivity index (χ2v) is 5.30. The Kier molecular flexibility index (Phi) is 3.57. The largest absolute Gasteiger partial charge is 0.497 e. The van der Waals surface area contributed by atoms with Gasteiger partial charge in [-0.25, -0.2) is 0 Å². The molecule has 1 aliphatic rings. The molecule has 0 aliphatic carbocycles. The second kappa shape index (κ2) is 5.03. The van der Waals surface area contributed by atoms with E-state index in [-0.39, 0.29) is 12.5 Å². The number of methoxy groups -OCH3 is 1. The Balaban J connectivity index is 2.19. The smallest absolute Gasteiger partial charge is 0.311 e. The summed E-state index contributed by atoms with van der Waals surface area (Å²) in [6, 6.07) is 4.85. The van der Waals surface area contributed by atoms with Crippen molar-refractivity contribution in [1.82, 2.24) is 4.90 Å². The van der Waals surface area contributed by atoms with Gasteiger partial charge in [-0.15, -0.1) is 0 Å². The first-order chi connectivity index (χ1) is 9.37. The number of anilines is 1. The van der Waals surface area contributed by atoms with Crippen LogP contribution in [0.4, 0.5) is 5.69 Å². The molecule has 108 valence electrons. The molecule has 1 aliphatic heterocycles. The van der Waals surface area contributed by atoms with Gasteiger partial charge in [0.25, 0.3) is 5.91 Å². The molecule has 1 aromatic carbocycles. The van der Waals surface area contributed by atoms with E-state index in [0.717, 1.165) is 0 Å². The van der Waals surface area contributed by atoms with Crippen molar-refractivity contribution in [3.8, 4) is 5.75 Å². The van der Waals surface area contributed by atoms with E-state index in [1.807, 2.05) is 0 Å². The lowest BCUT2D eigenvalue weighted by Gasteiger charge is -2.21. The molecule has 20 heavy (non-hydrogen) atoms. The Hall–Kier alpha value is -2.24. The molecule has 1 amide bonds. The van der Waals surface area contributed by atoms with E-state index in [0.29, 0.717) is 30.0 Å². The first-order valence-electron chi connectivity index (χ1n) is 6.33. The summed E-state index contributed by atoms with van der Waals surface area (Å²) in [7, 11) is 1.52. The summed E-state index contributed by atoms with van der Waals surface area (Å²) in [5.74, 6) is -0.540. The number of hydrogen-bond acceptors (Lipinski definition) is 4. The number of benzene rings is 1. The Morgan fingerprint density at radius 1 is 1.45 bits per heavy atom. The van der Waals surface area contributed by atoms with Gasteiger partial charge in [0.15, 0.2) is 0 Å². The van der Waals surface area contributed by atoms with Crippen molar-refractivity contribution in [2.45, 2.75) is 13.3 Å². The van der Waals surface area contributed by atoms with Gasteiger partial charge in [-0.3, -0.25) is 9.59 Å². The van der Waals surface area contributed by atoms with E-state index >= 15 is 0 Å². The van der Waals surface area contributed by atoms with Crippen molar-refractivity contribution in [2.24, 2.45) is 5.41 Å². The zero-order valence-corrected chi connectivity index (χ0v) is 11.5. The maximum Gasteiger partial charge on any atom is 0.311 e. The second-order valence-electron chi connectivity index (χ2n) is 5.30. The van der Waals surface area contributed by atoms with Crippen LogP contribution in [-0.4, -0.2) is 42.1 Å². The lowest BCUT2D eigenvalue weighted by molar-refractivity contribution is -0.147. The third kappa shape index (κ3) is 2.41. The molecule has 0 spiro atoms. The van der Waals surface area contributed by atoms with Crippen molar-refractivity contribution in [1.29, 1.82) is 0 Å². The Morgan fingerprint density at radius 3 is 2.65 bits per heavy atom. The predicted octanol–water partition coefficient (Wildman–Crippen LogP) is 1.21. The van der Waals surface area contributed by atoms with E-state index in [1.54, 1.807) is 25.1 Å². The maximum absolute atomic E-state index is 12.4. The quantitative estimate of drug-likeness (QED) is 0.811. The van der Waals surface area contributed by atoms with E-state index in [1.165, 1.54) is 12.0 Å². The van der Waals surface area contributed by atoms with E-state index in [4.69, 9.17) is 10.5 Å². The standard InChI is InChI=1S/C14H18N2O4/c1-14(13(18)19)5-6-16(8-14)12(17)10-4-3-9(20-2)7-11(10)15/h3-4,7H,5-6,8,15H2,1-2H3,(H,18,19). The summed E-state index contributed by atoms with van der Waals surface area (Å²) in [6.45, 7) is 2.28. The SMILES string of the molecule is COc1ccc(C(=O)N2CCC(C)(C(=O)O)C2)c(N)c1. The van der Waals surface area contributed by atoms with Gasteiger partial charge < -0.3 is 20.5 Å². The molecule has 1 atom stereocenters. The lowest BCUT2D eigenvalue weighted by Crippen LogP contribution is -2.35. The fraction of sp³-hybridized carbons (Fsp3) is 0.429. The van der Waals surface area contributed by atoms with E-state index in [2.05, 4.69) is 0 Å². The number of nitrogen functional groups attached to an aromatic ring is 1. The molecule has 6 heteroatoms. The molecular weight excluding hydrogens is 260 g/mol. The van der Waals surface area contributed by atoms with Crippen LogP contribution in [0.15, 0.2) is 18.2 Å². The average Bonchev–Trinajstić information content (AvgIpc) is 2.82. The van der Waals surface area contributed by atoms with Gasteiger partial charge in [-0.2, -0.15) is 0 Å². The van der Waals surface area contributed by atoms with Gasteiger partial charge >= 0.3 is 5.97 Å². The number of carbonyl (C=O) groups is 2. The topological polar surface area (TPSA) is 92.9 Å². The molecule has 0 aromatic heterocycles. The van der Waals surface area contributed by atoms with Gasteiger partial charge in [0.1, 0.15) is 5.75 Å². The molecule has 1 aromatic rings. The number of nitrogens with two attached hydrogens (primary N) is 1. The third-order valence-electron chi connectivity index (χ3n) is 3.77. The Bertz CT molecular complexity index is 558. The van der Waals surface area contributed by atoms with Crippen LogP contribution in [-0.2, 0) is 4.79 Å². The van der Waals surface area contributed by atoms with Gasteiger partial charge in [0, 0.05) is 24.8 Å². The number of carboxylic acid groups (broad SMARTS) is 1. The Morgan fingerprint density at radius 2 is 2.15 bits per heavy atom. The molecule has 1 unspecified atom stereocenters. The molecule has 1 saturated heterocycles. The fourth-order valence-corrected chi connectivity index (χ4v) is 2.34. The molecule has 1 fully saturated rings.